The number of anilines is 1. The summed E-state index contributed by atoms with van der Waals surface area (Å²) in [6.07, 6.45) is 3.44. The highest BCUT2D eigenvalue weighted by Crippen LogP contribution is 2.27. The predicted octanol–water partition coefficient (Wildman–Crippen LogP) is 2.51. The molecule has 0 atom stereocenters. The van der Waals surface area contributed by atoms with Gasteiger partial charge in [0.15, 0.2) is 5.78 Å². The molecule has 27 heavy (non-hydrogen) atoms. The smallest absolute Gasteiger partial charge is 0.321 e. The summed E-state index contributed by atoms with van der Waals surface area (Å²) in [5.74, 6) is 0.241. The number of nitrogens with one attached hydrogen (secondary N) is 3. The monoisotopic (exact) mass is 366 g/mol. The number of carbonyl (C=O) groups excluding carboxylic acids is 2. The number of aromatic nitrogens is 3. The third-order valence-electron chi connectivity index (χ3n) is 3.91. The molecule has 0 bridgehead atoms. The molecule has 2 heterocycles. The number of ketones is 1. The van der Waals surface area contributed by atoms with Crippen molar-refractivity contribution in [2.45, 2.75) is 6.92 Å². The minimum Gasteiger partial charge on any atom is -0.338 e. The summed E-state index contributed by atoms with van der Waals surface area (Å²) in [6.45, 7) is 2.59. The van der Waals surface area contributed by atoms with Crippen molar-refractivity contribution < 1.29 is 9.59 Å². The second kappa shape index (κ2) is 7.96. The first-order valence-electron chi connectivity index (χ1n) is 8.65. The average Bonchev–Trinajstić information content (AvgIpc) is 3.03. The predicted molar refractivity (Wildman–Crippen MR) is 105 cm³/mol. The standard InChI is InChI=1S/C19H22N6O2/c1-4-21-19(27)24-18-22-15-9-13(12-6-5-7-20-10-12)8-14(17(15)23-18)16(26)11-25(2)3/h5-10H,4,11H2,1-3H3,(H3,21,22,23,24,27). The molecular weight excluding hydrogens is 344 g/mol. The Morgan fingerprint density at radius 1 is 1.22 bits per heavy atom. The van der Waals surface area contributed by atoms with Crippen molar-refractivity contribution in [2.24, 2.45) is 0 Å². The van der Waals surface area contributed by atoms with E-state index in [0.29, 0.717) is 23.1 Å². The molecule has 2 amide bonds. The molecule has 0 saturated carbocycles. The lowest BCUT2D eigenvalue weighted by atomic mass is 10.0. The van der Waals surface area contributed by atoms with E-state index in [9.17, 15) is 9.59 Å². The van der Waals surface area contributed by atoms with Gasteiger partial charge in [0.1, 0.15) is 5.52 Å². The van der Waals surface area contributed by atoms with Gasteiger partial charge in [-0.1, -0.05) is 6.07 Å². The maximum Gasteiger partial charge on any atom is 0.321 e. The summed E-state index contributed by atoms with van der Waals surface area (Å²) in [5.41, 5.74) is 3.45. The number of Topliss-reactive ketones (excluding diaryl/α,β-unsaturated/α-hetero) is 1. The van der Waals surface area contributed by atoms with Gasteiger partial charge in [-0.05, 0) is 44.8 Å². The van der Waals surface area contributed by atoms with Crippen LogP contribution in [0.1, 0.15) is 17.3 Å². The molecule has 3 aromatic rings. The number of likely N-dealkylation sites (N-methyl/N-ethyl adjacent to an activating group) is 1. The Balaban J connectivity index is 2.08. The Hall–Kier alpha value is -3.26. The van der Waals surface area contributed by atoms with Crippen molar-refractivity contribution in [2.75, 3.05) is 32.5 Å². The van der Waals surface area contributed by atoms with Gasteiger partial charge < -0.3 is 15.2 Å². The number of benzene rings is 1. The first-order valence-corrected chi connectivity index (χ1v) is 8.65. The highest BCUT2D eigenvalue weighted by Gasteiger charge is 2.17. The van der Waals surface area contributed by atoms with Crippen LogP contribution in [0.3, 0.4) is 0 Å². The van der Waals surface area contributed by atoms with Crippen LogP contribution in [-0.2, 0) is 0 Å². The highest BCUT2D eigenvalue weighted by atomic mass is 16.2. The number of amides is 2. The Bertz CT molecular complexity index is 965. The van der Waals surface area contributed by atoms with Gasteiger partial charge in [0, 0.05) is 30.1 Å². The number of nitrogens with zero attached hydrogens (tertiary/aromatic N) is 3. The van der Waals surface area contributed by atoms with Gasteiger partial charge in [-0.25, -0.2) is 9.78 Å². The molecule has 3 N–H and O–H groups in total. The SMILES string of the molecule is CCNC(=O)Nc1nc2c(C(=O)CN(C)C)cc(-c3cccnc3)cc2[nH]1. The van der Waals surface area contributed by atoms with E-state index in [0.717, 1.165) is 11.1 Å². The minimum absolute atomic E-state index is 0.0493. The second-order valence-corrected chi connectivity index (χ2v) is 6.39. The van der Waals surface area contributed by atoms with Crippen molar-refractivity contribution in [1.82, 2.24) is 25.2 Å². The summed E-state index contributed by atoms with van der Waals surface area (Å²) in [7, 11) is 3.68. The molecule has 1 aromatic carbocycles. The van der Waals surface area contributed by atoms with Gasteiger partial charge in [-0.3, -0.25) is 15.1 Å². The molecule has 0 aliphatic carbocycles. The van der Waals surface area contributed by atoms with Crippen LogP contribution in [0.2, 0.25) is 0 Å². The Morgan fingerprint density at radius 2 is 2.04 bits per heavy atom. The zero-order valence-corrected chi connectivity index (χ0v) is 15.5. The molecule has 3 rings (SSSR count). The fraction of sp³-hybridized carbons (Fsp3) is 0.263. The summed E-state index contributed by atoms with van der Waals surface area (Å²) in [6, 6.07) is 7.13. The van der Waals surface area contributed by atoms with Crippen molar-refractivity contribution in [3.63, 3.8) is 0 Å². The Kier molecular flexibility index (Phi) is 5.46. The van der Waals surface area contributed by atoms with E-state index < -0.39 is 0 Å². The number of rotatable bonds is 6. The van der Waals surface area contributed by atoms with E-state index in [2.05, 4.69) is 25.6 Å². The first-order chi connectivity index (χ1) is 13.0. The minimum atomic E-state index is -0.356. The van der Waals surface area contributed by atoms with E-state index in [1.807, 2.05) is 50.2 Å². The Morgan fingerprint density at radius 3 is 2.70 bits per heavy atom. The third kappa shape index (κ3) is 4.29. The van der Waals surface area contributed by atoms with Crippen LogP contribution in [0.4, 0.5) is 10.7 Å². The number of imidazole rings is 1. The van der Waals surface area contributed by atoms with Crippen LogP contribution in [0.5, 0.6) is 0 Å². The van der Waals surface area contributed by atoms with Crippen LogP contribution in [0.25, 0.3) is 22.2 Å². The van der Waals surface area contributed by atoms with E-state index in [4.69, 9.17) is 0 Å². The molecule has 0 radical (unpaired) electrons. The van der Waals surface area contributed by atoms with Crippen LogP contribution in [-0.4, -0.2) is 58.9 Å². The largest absolute Gasteiger partial charge is 0.338 e. The van der Waals surface area contributed by atoms with Gasteiger partial charge in [0.2, 0.25) is 5.95 Å². The molecule has 8 heteroatoms. The van der Waals surface area contributed by atoms with Gasteiger partial charge in [-0.2, -0.15) is 0 Å². The maximum atomic E-state index is 12.8. The summed E-state index contributed by atoms with van der Waals surface area (Å²) < 4.78 is 0. The molecule has 2 aromatic heterocycles. The van der Waals surface area contributed by atoms with E-state index in [-0.39, 0.29) is 24.3 Å². The first kappa shape index (κ1) is 18.5. The third-order valence-corrected chi connectivity index (χ3v) is 3.91. The van der Waals surface area contributed by atoms with Crippen molar-refractivity contribution in [3.05, 3.63) is 42.2 Å². The molecule has 0 saturated heterocycles. The molecule has 0 aliphatic heterocycles. The fourth-order valence-electron chi connectivity index (χ4n) is 2.77. The summed E-state index contributed by atoms with van der Waals surface area (Å²) in [4.78, 5) is 38.0. The quantitative estimate of drug-likeness (QED) is 0.582. The molecule has 0 fully saturated rings. The molecule has 0 aliphatic rings. The van der Waals surface area contributed by atoms with Crippen LogP contribution in [0.15, 0.2) is 36.7 Å². The second-order valence-electron chi connectivity index (χ2n) is 6.39. The molecular formula is C19H22N6O2. The fourth-order valence-corrected chi connectivity index (χ4v) is 2.77. The number of carbonyl (C=O) groups is 2. The normalized spacial score (nSPS) is 11.0. The number of pyridine rings is 1. The lowest BCUT2D eigenvalue weighted by Crippen LogP contribution is -2.28. The van der Waals surface area contributed by atoms with Crippen molar-refractivity contribution in [1.29, 1.82) is 0 Å². The molecule has 140 valence electrons. The molecule has 0 unspecified atom stereocenters. The van der Waals surface area contributed by atoms with Gasteiger partial charge in [-0.15, -0.1) is 0 Å². The van der Waals surface area contributed by atoms with Gasteiger partial charge in [0.25, 0.3) is 0 Å². The topological polar surface area (TPSA) is 103 Å². The van der Waals surface area contributed by atoms with Crippen LogP contribution < -0.4 is 10.6 Å². The molecule has 8 nitrogen and oxygen atoms in total. The van der Waals surface area contributed by atoms with Crippen molar-refractivity contribution in [3.8, 4) is 11.1 Å². The van der Waals surface area contributed by atoms with Crippen LogP contribution in [0, 0.1) is 0 Å². The number of fused-ring (bicyclic) bond motifs is 1. The zero-order chi connectivity index (χ0) is 19.4. The highest BCUT2D eigenvalue weighted by molar-refractivity contribution is 6.09. The van der Waals surface area contributed by atoms with Gasteiger partial charge in [0.05, 0.1) is 12.1 Å². The van der Waals surface area contributed by atoms with E-state index in [1.54, 1.807) is 12.4 Å². The summed E-state index contributed by atoms with van der Waals surface area (Å²) >= 11 is 0. The van der Waals surface area contributed by atoms with Crippen molar-refractivity contribution >= 4 is 28.8 Å². The maximum absolute atomic E-state index is 12.8. The number of hydrogen-bond donors (Lipinski definition) is 3. The van der Waals surface area contributed by atoms with Gasteiger partial charge >= 0.3 is 6.03 Å². The van der Waals surface area contributed by atoms with Crippen LogP contribution >= 0.6 is 0 Å². The van der Waals surface area contributed by atoms with E-state index >= 15 is 0 Å². The average molecular weight is 366 g/mol. The Labute approximate surface area is 157 Å². The number of hydrogen-bond acceptors (Lipinski definition) is 5. The zero-order valence-electron chi connectivity index (χ0n) is 15.5. The lowest BCUT2D eigenvalue weighted by molar-refractivity contribution is 0.0959. The lowest BCUT2D eigenvalue weighted by Gasteiger charge is -2.10. The number of urea groups is 1. The number of aromatic amines is 1. The molecule has 0 spiro atoms. The summed E-state index contributed by atoms with van der Waals surface area (Å²) in [5, 5.41) is 5.29. The van der Waals surface area contributed by atoms with E-state index in [1.165, 1.54) is 0 Å². The number of H-pyrrole nitrogens is 1.